The lowest BCUT2D eigenvalue weighted by molar-refractivity contribution is -0.118. The van der Waals surface area contributed by atoms with Crippen molar-refractivity contribution < 1.29 is 4.79 Å². The first-order valence-corrected chi connectivity index (χ1v) is 11.1. The van der Waals surface area contributed by atoms with Gasteiger partial charge in [0.05, 0.1) is 0 Å². The first-order chi connectivity index (χ1) is 13.3. The Morgan fingerprint density at radius 3 is 2.85 bits per heavy atom. The molecule has 1 nitrogen and oxygen atoms in total. The lowest BCUT2D eigenvalue weighted by Crippen LogP contribution is -2.23. The summed E-state index contributed by atoms with van der Waals surface area (Å²) in [6.07, 6.45) is 18.0. The fourth-order valence-corrected chi connectivity index (χ4v) is 6.25. The minimum Gasteiger partial charge on any atom is -0.294 e. The number of hydrogen-bond donors (Lipinski definition) is 0. The normalized spacial score (nSPS) is 31.2. The van der Waals surface area contributed by atoms with E-state index in [1.807, 2.05) is 0 Å². The highest BCUT2D eigenvalue weighted by Gasteiger charge is 2.42. The third-order valence-electron chi connectivity index (χ3n) is 7.76. The van der Waals surface area contributed by atoms with Gasteiger partial charge in [0, 0.05) is 17.4 Å². The average Bonchev–Trinajstić information content (AvgIpc) is 3.30. The summed E-state index contributed by atoms with van der Waals surface area (Å²) in [5.41, 5.74) is 8.57. The molecule has 0 N–H and O–H groups in total. The van der Waals surface area contributed by atoms with Crippen LogP contribution in [0.3, 0.4) is 0 Å². The van der Waals surface area contributed by atoms with E-state index in [0.717, 1.165) is 30.8 Å². The van der Waals surface area contributed by atoms with Crippen LogP contribution in [0.15, 0.2) is 47.6 Å². The van der Waals surface area contributed by atoms with Crippen molar-refractivity contribution in [3.05, 3.63) is 64.3 Å². The zero-order valence-corrected chi connectivity index (χ0v) is 16.0. The van der Waals surface area contributed by atoms with E-state index in [2.05, 4.69) is 36.4 Å². The van der Waals surface area contributed by atoms with Crippen LogP contribution in [0.4, 0.5) is 0 Å². The summed E-state index contributed by atoms with van der Waals surface area (Å²) < 4.78 is 0. The number of benzene rings is 1. The van der Waals surface area contributed by atoms with E-state index in [9.17, 15) is 4.79 Å². The molecule has 0 radical (unpaired) electrons. The van der Waals surface area contributed by atoms with Gasteiger partial charge in [-0.25, -0.2) is 0 Å². The number of carbonyl (C=O) groups is 1. The molecule has 0 aromatic heterocycles. The fraction of sp³-hybridized carbons (Fsp3) is 0.500. The molecule has 0 heterocycles. The number of ketones is 1. The van der Waals surface area contributed by atoms with E-state index in [0.29, 0.717) is 17.6 Å². The zero-order chi connectivity index (χ0) is 18.0. The van der Waals surface area contributed by atoms with E-state index in [1.165, 1.54) is 60.8 Å². The molecule has 138 valence electrons. The van der Waals surface area contributed by atoms with E-state index in [-0.39, 0.29) is 5.92 Å². The van der Waals surface area contributed by atoms with Crippen LogP contribution >= 0.6 is 0 Å². The minimum absolute atomic E-state index is 0.218. The summed E-state index contributed by atoms with van der Waals surface area (Å²) in [4.78, 5) is 13.6. The van der Waals surface area contributed by atoms with Crippen molar-refractivity contribution in [3.63, 3.8) is 0 Å². The van der Waals surface area contributed by atoms with Gasteiger partial charge in [-0.05, 0) is 86.3 Å². The summed E-state index contributed by atoms with van der Waals surface area (Å²) in [6.45, 7) is 0. The summed E-state index contributed by atoms with van der Waals surface area (Å²) in [5, 5.41) is 0. The fourth-order valence-electron chi connectivity index (χ4n) is 6.25. The zero-order valence-electron chi connectivity index (χ0n) is 16.0. The predicted octanol–water partition coefficient (Wildman–Crippen LogP) is 6.16. The number of hydrogen-bond acceptors (Lipinski definition) is 1. The second-order valence-corrected chi connectivity index (χ2v) is 9.44. The molecule has 5 aliphatic carbocycles. The Morgan fingerprint density at radius 1 is 1.04 bits per heavy atom. The van der Waals surface area contributed by atoms with Crippen LogP contribution < -0.4 is 0 Å². The Morgan fingerprint density at radius 2 is 1.96 bits per heavy atom. The quantitative estimate of drug-likeness (QED) is 0.632. The van der Waals surface area contributed by atoms with Crippen molar-refractivity contribution in [2.24, 2.45) is 17.8 Å². The Labute approximate surface area is 162 Å². The van der Waals surface area contributed by atoms with Crippen LogP contribution in [0.1, 0.15) is 74.0 Å². The van der Waals surface area contributed by atoms with Crippen LogP contribution in [-0.2, 0) is 11.2 Å². The molecule has 0 amide bonds. The van der Waals surface area contributed by atoms with E-state index < -0.39 is 0 Å². The highest BCUT2D eigenvalue weighted by atomic mass is 16.1. The Balaban J connectivity index is 1.28. The lowest BCUT2D eigenvalue weighted by atomic mass is 9.75. The average molecular weight is 357 g/mol. The van der Waals surface area contributed by atoms with Gasteiger partial charge in [-0.15, -0.1) is 0 Å². The summed E-state index contributed by atoms with van der Waals surface area (Å²) in [5.74, 6) is 2.68. The van der Waals surface area contributed by atoms with Crippen molar-refractivity contribution in [2.45, 2.75) is 63.7 Å². The molecule has 27 heavy (non-hydrogen) atoms. The third-order valence-corrected chi connectivity index (χ3v) is 7.76. The van der Waals surface area contributed by atoms with Crippen LogP contribution in [-0.4, -0.2) is 5.78 Å². The molecular weight excluding hydrogens is 328 g/mol. The van der Waals surface area contributed by atoms with Crippen molar-refractivity contribution in [2.75, 3.05) is 0 Å². The maximum absolute atomic E-state index is 13.6. The van der Waals surface area contributed by atoms with Gasteiger partial charge in [0.25, 0.3) is 0 Å². The van der Waals surface area contributed by atoms with Gasteiger partial charge >= 0.3 is 0 Å². The third kappa shape index (κ3) is 2.54. The molecule has 1 fully saturated rings. The first kappa shape index (κ1) is 16.1. The number of allylic oxidation sites excluding steroid dienone is 6. The van der Waals surface area contributed by atoms with Gasteiger partial charge < -0.3 is 0 Å². The number of fused-ring (bicyclic) bond motifs is 2. The number of aryl methyl sites for hydroxylation is 1. The standard InChI is InChI=1S/C26H28O/c27-26-20(15-19-7-1-6-18(19)14-16-10-11-16)12-13-22-21-8-2-4-17-5-3-9-23(24(17)21)25(22)26/h1,3,5-7,9,16,19-21H,2,4,8,10-15H2/t19?,20-,21?/m1/s1. The molecule has 0 spiro atoms. The highest BCUT2D eigenvalue weighted by Crippen LogP contribution is 2.54. The van der Waals surface area contributed by atoms with Crippen LogP contribution in [0, 0.1) is 17.8 Å². The minimum atomic E-state index is 0.218. The van der Waals surface area contributed by atoms with Gasteiger partial charge in [-0.3, -0.25) is 4.79 Å². The van der Waals surface area contributed by atoms with Gasteiger partial charge in [0.15, 0.2) is 5.78 Å². The Bertz CT molecular complexity index is 908. The SMILES string of the molecule is O=C1C2=C(CC[C@@H]1CC1C=CC=C1CC1CC1)C1CCCc3cccc2c31. The lowest BCUT2D eigenvalue weighted by Gasteiger charge is -2.28. The van der Waals surface area contributed by atoms with Crippen LogP contribution in [0.2, 0.25) is 0 Å². The molecule has 1 aromatic carbocycles. The highest BCUT2D eigenvalue weighted by molar-refractivity contribution is 6.25. The van der Waals surface area contributed by atoms with Crippen molar-refractivity contribution in [1.82, 2.24) is 0 Å². The first-order valence-electron chi connectivity index (χ1n) is 11.1. The largest absolute Gasteiger partial charge is 0.294 e. The summed E-state index contributed by atoms with van der Waals surface area (Å²) in [6, 6.07) is 6.71. The molecule has 0 bridgehead atoms. The van der Waals surface area contributed by atoms with Crippen LogP contribution in [0.25, 0.3) is 5.57 Å². The van der Waals surface area contributed by atoms with Gasteiger partial charge in [0.1, 0.15) is 0 Å². The maximum Gasteiger partial charge on any atom is 0.166 e. The topological polar surface area (TPSA) is 17.1 Å². The summed E-state index contributed by atoms with van der Waals surface area (Å²) in [7, 11) is 0. The van der Waals surface area contributed by atoms with Crippen LogP contribution in [0.5, 0.6) is 0 Å². The summed E-state index contributed by atoms with van der Waals surface area (Å²) >= 11 is 0. The maximum atomic E-state index is 13.6. The Kier molecular flexibility index (Phi) is 3.61. The van der Waals surface area contributed by atoms with Gasteiger partial charge in [-0.2, -0.15) is 0 Å². The van der Waals surface area contributed by atoms with E-state index >= 15 is 0 Å². The van der Waals surface area contributed by atoms with E-state index in [4.69, 9.17) is 0 Å². The number of carbonyl (C=O) groups excluding carboxylic acids is 1. The molecule has 3 atom stereocenters. The predicted molar refractivity (Wildman–Crippen MR) is 109 cm³/mol. The molecule has 2 unspecified atom stereocenters. The van der Waals surface area contributed by atoms with E-state index in [1.54, 1.807) is 5.57 Å². The molecule has 1 heteroatoms. The van der Waals surface area contributed by atoms with Crippen molar-refractivity contribution in [3.8, 4) is 0 Å². The van der Waals surface area contributed by atoms with Crippen molar-refractivity contribution >= 4 is 11.4 Å². The molecule has 0 saturated heterocycles. The Hall–Kier alpha value is -1.89. The molecule has 1 saturated carbocycles. The second-order valence-electron chi connectivity index (χ2n) is 9.44. The van der Waals surface area contributed by atoms with Crippen molar-refractivity contribution in [1.29, 1.82) is 0 Å². The molecule has 1 aromatic rings. The molecule has 5 aliphatic rings. The second kappa shape index (κ2) is 6.06. The molecule has 0 aliphatic heterocycles. The number of rotatable bonds is 4. The number of Topliss-reactive ketones (excluding diaryl/α,β-unsaturated/α-hetero) is 1. The molecule has 6 rings (SSSR count). The van der Waals surface area contributed by atoms with Gasteiger partial charge in [-0.1, -0.05) is 47.6 Å². The smallest absolute Gasteiger partial charge is 0.166 e. The monoisotopic (exact) mass is 356 g/mol. The molecular formula is C26H28O. The van der Waals surface area contributed by atoms with Gasteiger partial charge in [0.2, 0.25) is 0 Å².